The number of hydrogen-bond acceptors (Lipinski definition) is 4. The van der Waals surface area contributed by atoms with E-state index in [1.165, 1.54) is 5.56 Å². The second kappa shape index (κ2) is 7.22. The number of nitrogens with zero attached hydrogens (tertiary/aromatic N) is 1. The van der Waals surface area contributed by atoms with E-state index in [1.54, 1.807) is 0 Å². The number of morpholine rings is 1. The Kier molecular flexibility index (Phi) is 5.08. The minimum Gasteiger partial charge on any atom is -0.379 e. The van der Waals surface area contributed by atoms with Gasteiger partial charge in [-0.25, -0.2) is 0 Å². The van der Waals surface area contributed by atoms with Gasteiger partial charge in [0.05, 0.1) is 19.1 Å². The van der Waals surface area contributed by atoms with Crippen LogP contribution in [0.2, 0.25) is 0 Å². The van der Waals surface area contributed by atoms with Crippen LogP contribution in [-0.2, 0) is 16.1 Å². The summed E-state index contributed by atoms with van der Waals surface area (Å²) < 4.78 is 5.34. The number of fused-ring (bicyclic) bond motifs is 1. The molecule has 1 aromatic rings. The van der Waals surface area contributed by atoms with Gasteiger partial charge < -0.3 is 15.4 Å². The van der Waals surface area contributed by atoms with Gasteiger partial charge in [0.2, 0.25) is 5.91 Å². The molecule has 2 aliphatic rings. The number of hydrogen-bond donors (Lipinski definition) is 2. The predicted octanol–water partition coefficient (Wildman–Crippen LogP) is 0.710. The van der Waals surface area contributed by atoms with Gasteiger partial charge in [-0.05, 0) is 18.1 Å². The lowest BCUT2D eigenvalue weighted by molar-refractivity contribution is -0.123. The number of ether oxygens (including phenoxy) is 1. The van der Waals surface area contributed by atoms with Gasteiger partial charge in [-0.2, -0.15) is 0 Å². The average molecular weight is 303 g/mol. The first kappa shape index (κ1) is 15.5. The molecule has 2 atom stereocenters. The highest BCUT2D eigenvalue weighted by Crippen LogP contribution is 2.28. The van der Waals surface area contributed by atoms with E-state index in [4.69, 9.17) is 4.74 Å². The van der Waals surface area contributed by atoms with E-state index in [1.807, 2.05) is 12.1 Å². The third kappa shape index (κ3) is 3.48. The largest absolute Gasteiger partial charge is 0.379 e. The molecule has 5 heteroatoms. The van der Waals surface area contributed by atoms with Crippen LogP contribution in [0.3, 0.4) is 0 Å². The zero-order valence-electron chi connectivity index (χ0n) is 13.2. The van der Waals surface area contributed by atoms with Crippen molar-refractivity contribution in [1.82, 2.24) is 15.5 Å². The summed E-state index contributed by atoms with van der Waals surface area (Å²) in [5.41, 5.74) is 2.39. The summed E-state index contributed by atoms with van der Waals surface area (Å²) in [6, 6.07) is 8.40. The van der Waals surface area contributed by atoms with Gasteiger partial charge >= 0.3 is 0 Å². The van der Waals surface area contributed by atoms with Gasteiger partial charge in [-0.3, -0.25) is 9.69 Å². The number of carbonyl (C=O) groups excluding carboxylic acids is 1. The van der Waals surface area contributed by atoms with Crippen LogP contribution in [0.1, 0.15) is 24.0 Å². The monoisotopic (exact) mass is 303 g/mol. The highest BCUT2D eigenvalue weighted by Gasteiger charge is 2.31. The predicted molar refractivity (Wildman–Crippen MR) is 85.8 cm³/mol. The average Bonchev–Trinajstić information content (AvgIpc) is 2.55. The van der Waals surface area contributed by atoms with Gasteiger partial charge in [0.15, 0.2) is 0 Å². The van der Waals surface area contributed by atoms with E-state index in [2.05, 4.69) is 34.6 Å². The molecule has 1 fully saturated rings. The van der Waals surface area contributed by atoms with Crippen LogP contribution in [-0.4, -0.2) is 56.2 Å². The first-order valence-electron chi connectivity index (χ1n) is 8.14. The van der Waals surface area contributed by atoms with Gasteiger partial charge in [0.1, 0.15) is 0 Å². The molecule has 0 aromatic heterocycles. The molecule has 0 spiro atoms. The maximum absolute atomic E-state index is 12.6. The van der Waals surface area contributed by atoms with Crippen molar-refractivity contribution in [2.75, 3.05) is 39.4 Å². The summed E-state index contributed by atoms with van der Waals surface area (Å²) in [6.07, 6.45) is 0. The molecule has 120 valence electrons. The fourth-order valence-corrected chi connectivity index (χ4v) is 3.30. The Morgan fingerprint density at radius 2 is 2.14 bits per heavy atom. The molecule has 22 heavy (non-hydrogen) atoms. The van der Waals surface area contributed by atoms with E-state index in [-0.39, 0.29) is 17.9 Å². The molecular weight excluding hydrogens is 278 g/mol. The molecule has 2 unspecified atom stereocenters. The summed E-state index contributed by atoms with van der Waals surface area (Å²) in [5, 5.41) is 6.53. The van der Waals surface area contributed by atoms with Crippen molar-refractivity contribution in [3.05, 3.63) is 35.4 Å². The van der Waals surface area contributed by atoms with Gasteiger partial charge in [-0.1, -0.05) is 24.3 Å². The van der Waals surface area contributed by atoms with Gasteiger partial charge in [0, 0.05) is 38.8 Å². The highest BCUT2D eigenvalue weighted by atomic mass is 16.5. The lowest BCUT2D eigenvalue weighted by Crippen LogP contribution is -2.47. The smallest absolute Gasteiger partial charge is 0.229 e. The molecule has 1 amide bonds. The van der Waals surface area contributed by atoms with Gasteiger partial charge in [0.25, 0.3) is 0 Å². The van der Waals surface area contributed by atoms with Crippen molar-refractivity contribution in [2.45, 2.75) is 25.4 Å². The van der Waals surface area contributed by atoms with Crippen molar-refractivity contribution in [3.63, 3.8) is 0 Å². The highest BCUT2D eigenvalue weighted by molar-refractivity contribution is 5.85. The quantitative estimate of drug-likeness (QED) is 0.860. The molecule has 2 aliphatic heterocycles. The van der Waals surface area contributed by atoms with Crippen LogP contribution in [0.5, 0.6) is 0 Å². The Bertz CT molecular complexity index is 514. The lowest BCUT2D eigenvalue weighted by Gasteiger charge is -2.32. The Labute approximate surface area is 132 Å². The van der Waals surface area contributed by atoms with Crippen molar-refractivity contribution in [1.29, 1.82) is 0 Å². The van der Waals surface area contributed by atoms with E-state index in [9.17, 15) is 4.79 Å². The van der Waals surface area contributed by atoms with Crippen LogP contribution < -0.4 is 10.6 Å². The summed E-state index contributed by atoms with van der Waals surface area (Å²) in [4.78, 5) is 15.0. The molecule has 0 bridgehead atoms. The Morgan fingerprint density at radius 1 is 1.36 bits per heavy atom. The number of benzene rings is 1. The third-order valence-corrected chi connectivity index (χ3v) is 4.62. The van der Waals surface area contributed by atoms with Crippen LogP contribution >= 0.6 is 0 Å². The van der Waals surface area contributed by atoms with E-state index < -0.39 is 0 Å². The normalized spacial score (nSPS) is 25.5. The van der Waals surface area contributed by atoms with E-state index >= 15 is 0 Å². The Hall–Kier alpha value is -1.43. The first-order valence-corrected chi connectivity index (χ1v) is 8.14. The molecule has 0 saturated carbocycles. The van der Waals surface area contributed by atoms with Crippen LogP contribution in [0, 0.1) is 0 Å². The molecule has 1 saturated heterocycles. The minimum absolute atomic E-state index is 0.102. The van der Waals surface area contributed by atoms with Crippen molar-refractivity contribution < 1.29 is 9.53 Å². The summed E-state index contributed by atoms with van der Waals surface area (Å²) in [7, 11) is 0. The molecule has 3 rings (SSSR count). The van der Waals surface area contributed by atoms with Crippen LogP contribution in [0.4, 0.5) is 0 Å². The maximum Gasteiger partial charge on any atom is 0.229 e. The van der Waals surface area contributed by atoms with Crippen LogP contribution in [0.15, 0.2) is 24.3 Å². The molecule has 0 radical (unpaired) electrons. The molecule has 5 nitrogen and oxygen atoms in total. The molecule has 2 N–H and O–H groups in total. The maximum atomic E-state index is 12.6. The number of amides is 1. The van der Waals surface area contributed by atoms with Gasteiger partial charge in [-0.15, -0.1) is 0 Å². The molecule has 1 aromatic carbocycles. The van der Waals surface area contributed by atoms with Crippen LogP contribution in [0.25, 0.3) is 0 Å². The van der Waals surface area contributed by atoms with E-state index in [0.717, 1.165) is 45.0 Å². The Balaban J connectivity index is 1.57. The van der Waals surface area contributed by atoms with Crippen molar-refractivity contribution in [3.8, 4) is 0 Å². The molecule has 2 heterocycles. The summed E-state index contributed by atoms with van der Waals surface area (Å²) in [6.45, 7) is 8.03. The zero-order chi connectivity index (χ0) is 15.4. The summed E-state index contributed by atoms with van der Waals surface area (Å²) in [5.74, 6) is 0.0232. The lowest BCUT2D eigenvalue weighted by atomic mass is 9.85. The fourth-order valence-electron chi connectivity index (χ4n) is 3.30. The number of nitrogens with one attached hydrogen (secondary N) is 2. The minimum atomic E-state index is -0.102. The number of carbonyl (C=O) groups is 1. The fraction of sp³-hybridized carbons (Fsp3) is 0.588. The zero-order valence-corrected chi connectivity index (χ0v) is 13.2. The SMILES string of the molecule is CC1NCc2ccccc2C1C(=O)NCCN1CCOCC1. The van der Waals surface area contributed by atoms with Crippen molar-refractivity contribution in [2.24, 2.45) is 0 Å². The number of rotatable bonds is 4. The first-order chi connectivity index (χ1) is 10.8. The molecule has 0 aliphatic carbocycles. The van der Waals surface area contributed by atoms with E-state index in [0.29, 0.717) is 6.54 Å². The standard InChI is InChI=1S/C17H25N3O2/c1-13-16(15-5-3-2-4-14(15)12-19-13)17(21)18-6-7-20-8-10-22-11-9-20/h2-5,13,16,19H,6-12H2,1H3,(H,18,21). The molecular formula is C17H25N3O2. The second-order valence-corrected chi connectivity index (χ2v) is 6.09. The third-order valence-electron chi connectivity index (χ3n) is 4.62. The second-order valence-electron chi connectivity index (χ2n) is 6.09. The Morgan fingerprint density at radius 3 is 2.95 bits per heavy atom. The summed E-state index contributed by atoms with van der Waals surface area (Å²) >= 11 is 0. The van der Waals surface area contributed by atoms with Crippen molar-refractivity contribution >= 4 is 5.91 Å². The topological polar surface area (TPSA) is 53.6 Å².